The quantitative estimate of drug-likeness (QED) is 0.700. The second-order valence-corrected chi connectivity index (χ2v) is 7.36. The first-order chi connectivity index (χ1) is 13.2. The van der Waals surface area contributed by atoms with Crippen molar-refractivity contribution in [2.24, 2.45) is 0 Å². The van der Waals surface area contributed by atoms with Crippen molar-refractivity contribution in [3.63, 3.8) is 0 Å². The molecule has 1 saturated heterocycles. The molecule has 5 nitrogen and oxygen atoms in total. The van der Waals surface area contributed by atoms with Crippen molar-refractivity contribution < 1.29 is 9.18 Å². The molecule has 3 aromatic rings. The number of nitrogens with one attached hydrogen (secondary N) is 2. The van der Waals surface area contributed by atoms with Gasteiger partial charge in [0, 0.05) is 12.2 Å². The number of aromatic amines is 1. The summed E-state index contributed by atoms with van der Waals surface area (Å²) in [5, 5.41) is 3.11. The van der Waals surface area contributed by atoms with E-state index in [-0.39, 0.29) is 17.9 Å². The molecule has 6 heteroatoms. The highest BCUT2D eigenvalue weighted by Crippen LogP contribution is 2.33. The number of nitrogens with zero attached hydrogens (tertiary/aromatic N) is 2. The van der Waals surface area contributed by atoms with Gasteiger partial charge in [-0.2, -0.15) is 0 Å². The predicted octanol–water partition coefficient (Wildman–Crippen LogP) is 4.56. The second kappa shape index (κ2) is 6.37. The van der Waals surface area contributed by atoms with Gasteiger partial charge in [0.05, 0.1) is 17.1 Å². The van der Waals surface area contributed by atoms with E-state index in [4.69, 9.17) is 0 Å². The van der Waals surface area contributed by atoms with Crippen LogP contribution in [0.25, 0.3) is 11.0 Å². The maximum absolute atomic E-state index is 13.5. The topological polar surface area (TPSA) is 61.0 Å². The summed E-state index contributed by atoms with van der Waals surface area (Å²) in [6, 6.07) is 10.4. The van der Waals surface area contributed by atoms with Crippen molar-refractivity contribution in [1.29, 1.82) is 0 Å². The average Bonchev–Trinajstić information content (AvgIpc) is 3.39. The third kappa shape index (κ3) is 2.85. The summed E-state index contributed by atoms with van der Waals surface area (Å²) in [7, 11) is 0. The summed E-state index contributed by atoms with van der Waals surface area (Å²) < 4.78 is 13.5. The summed E-state index contributed by atoms with van der Waals surface area (Å²) in [6.07, 6.45) is 5.02. The number of carbonyl (C=O) groups excluding carboxylic acids is 1. The van der Waals surface area contributed by atoms with Gasteiger partial charge in [0.15, 0.2) is 0 Å². The molecule has 0 radical (unpaired) electrons. The van der Waals surface area contributed by atoms with Crippen LogP contribution in [0.4, 0.5) is 14.9 Å². The van der Waals surface area contributed by atoms with Crippen molar-refractivity contribution in [2.75, 3.05) is 11.9 Å². The van der Waals surface area contributed by atoms with Crippen molar-refractivity contribution >= 4 is 22.8 Å². The molecule has 1 fully saturated rings. The van der Waals surface area contributed by atoms with Gasteiger partial charge >= 0.3 is 6.03 Å². The Balaban J connectivity index is 1.40. The van der Waals surface area contributed by atoms with Gasteiger partial charge in [0.25, 0.3) is 0 Å². The lowest BCUT2D eigenvalue weighted by atomic mass is 10.1. The lowest BCUT2D eigenvalue weighted by molar-refractivity contribution is 0.205. The molecule has 0 spiro atoms. The number of hydrogen-bond acceptors (Lipinski definition) is 2. The zero-order valence-corrected chi connectivity index (χ0v) is 15.0. The van der Waals surface area contributed by atoms with E-state index in [0.717, 1.165) is 49.1 Å². The molecule has 2 amide bonds. The standard InChI is InChI=1S/C21H21FN4O/c22-14-9-10-17-18(12-14)24-20(23-17)19-8-3-11-26(19)21(27)25-16-7-2-5-13-4-1-6-15(13)16/h2,5,7,9-10,12,19H,1,3-4,6,8,11H2,(H,23,24)(H,25,27)/t19-/m0/s1. The normalized spacial score (nSPS) is 18.9. The molecular weight excluding hydrogens is 343 g/mol. The van der Waals surface area contributed by atoms with Crippen LogP contribution < -0.4 is 5.32 Å². The van der Waals surface area contributed by atoms with Crippen LogP contribution in [0.1, 0.15) is 42.3 Å². The number of anilines is 1. The minimum absolute atomic E-state index is 0.0931. The predicted molar refractivity (Wildman–Crippen MR) is 102 cm³/mol. The maximum atomic E-state index is 13.5. The van der Waals surface area contributed by atoms with Crippen molar-refractivity contribution in [3.05, 3.63) is 59.2 Å². The van der Waals surface area contributed by atoms with Gasteiger partial charge in [-0.3, -0.25) is 0 Å². The minimum atomic E-state index is -0.295. The smallest absolute Gasteiger partial charge is 0.322 e. The number of rotatable bonds is 2. The van der Waals surface area contributed by atoms with Crippen LogP contribution in [-0.4, -0.2) is 27.4 Å². The molecule has 2 aliphatic rings. The van der Waals surface area contributed by atoms with Crippen LogP contribution >= 0.6 is 0 Å². The Morgan fingerprint density at radius 1 is 1.22 bits per heavy atom. The number of hydrogen-bond donors (Lipinski definition) is 2. The Morgan fingerprint density at radius 3 is 3.07 bits per heavy atom. The molecule has 1 aromatic heterocycles. The minimum Gasteiger partial charge on any atom is -0.340 e. The Morgan fingerprint density at radius 2 is 2.15 bits per heavy atom. The van der Waals surface area contributed by atoms with Gasteiger partial charge in [-0.15, -0.1) is 0 Å². The van der Waals surface area contributed by atoms with Crippen LogP contribution in [0.5, 0.6) is 0 Å². The second-order valence-electron chi connectivity index (χ2n) is 7.36. The van der Waals surface area contributed by atoms with E-state index in [1.807, 2.05) is 17.0 Å². The molecule has 5 rings (SSSR count). The zero-order chi connectivity index (χ0) is 18.4. The van der Waals surface area contributed by atoms with Crippen LogP contribution in [0.15, 0.2) is 36.4 Å². The molecule has 1 aliphatic heterocycles. The summed E-state index contributed by atoms with van der Waals surface area (Å²) in [5.41, 5.74) is 4.91. The lowest BCUT2D eigenvalue weighted by Crippen LogP contribution is -2.35. The average molecular weight is 364 g/mol. The maximum Gasteiger partial charge on any atom is 0.322 e. The molecule has 2 aromatic carbocycles. The monoisotopic (exact) mass is 364 g/mol. The zero-order valence-electron chi connectivity index (χ0n) is 15.0. The highest BCUT2D eigenvalue weighted by Gasteiger charge is 2.32. The number of benzene rings is 2. The summed E-state index contributed by atoms with van der Waals surface area (Å²) in [6.45, 7) is 0.691. The molecular formula is C21H21FN4O. The van der Waals surface area contributed by atoms with E-state index < -0.39 is 0 Å². The van der Waals surface area contributed by atoms with E-state index in [1.54, 1.807) is 6.07 Å². The Kier molecular flexibility index (Phi) is 3.85. The molecule has 0 saturated carbocycles. The number of amides is 2. The number of halogens is 1. The Hall–Kier alpha value is -2.89. The number of imidazole rings is 1. The van der Waals surface area contributed by atoms with E-state index in [1.165, 1.54) is 23.3 Å². The van der Waals surface area contributed by atoms with Crippen LogP contribution in [0, 0.1) is 5.82 Å². The number of urea groups is 1. The highest BCUT2D eigenvalue weighted by molar-refractivity contribution is 5.91. The number of fused-ring (bicyclic) bond motifs is 2. The van der Waals surface area contributed by atoms with Gasteiger partial charge < -0.3 is 15.2 Å². The van der Waals surface area contributed by atoms with Gasteiger partial charge in [-0.25, -0.2) is 14.2 Å². The van der Waals surface area contributed by atoms with E-state index in [0.29, 0.717) is 12.1 Å². The third-order valence-electron chi connectivity index (χ3n) is 5.68. The number of likely N-dealkylation sites (tertiary alicyclic amines) is 1. The van der Waals surface area contributed by atoms with Crippen LogP contribution in [-0.2, 0) is 12.8 Å². The first-order valence-electron chi connectivity index (χ1n) is 9.52. The number of carbonyl (C=O) groups is 1. The fraction of sp³-hybridized carbons (Fsp3) is 0.333. The lowest BCUT2D eigenvalue weighted by Gasteiger charge is -2.24. The van der Waals surface area contributed by atoms with Crippen LogP contribution in [0.3, 0.4) is 0 Å². The van der Waals surface area contributed by atoms with E-state index >= 15 is 0 Å². The van der Waals surface area contributed by atoms with E-state index in [9.17, 15) is 9.18 Å². The van der Waals surface area contributed by atoms with E-state index in [2.05, 4.69) is 21.4 Å². The third-order valence-corrected chi connectivity index (χ3v) is 5.68. The molecule has 27 heavy (non-hydrogen) atoms. The summed E-state index contributed by atoms with van der Waals surface area (Å²) in [4.78, 5) is 22.6. The fourth-order valence-electron chi connectivity index (χ4n) is 4.38. The largest absolute Gasteiger partial charge is 0.340 e. The number of H-pyrrole nitrogens is 1. The molecule has 2 heterocycles. The Bertz CT molecular complexity index is 1030. The molecule has 138 valence electrons. The first kappa shape index (κ1) is 16.3. The SMILES string of the molecule is O=C(Nc1cccc2c1CCC2)N1CCC[C@H]1c1nc2ccc(F)cc2[nH]1. The van der Waals surface area contributed by atoms with Gasteiger partial charge in [0.1, 0.15) is 11.6 Å². The molecule has 1 atom stereocenters. The van der Waals surface area contributed by atoms with Crippen molar-refractivity contribution in [2.45, 2.75) is 38.1 Å². The van der Waals surface area contributed by atoms with Gasteiger partial charge in [-0.05, 0) is 67.5 Å². The Labute approximate surface area is 156 Å². The molecule has 0 unspecified atom stereocenters. The summed E-state index contributed by atoms with van der Waals surface area (Å²) in [5.74, 6) is 0.429. The highest BCUT2D eigenvalue weighted by atomic mass is 19.1. The molecule has 1 aliphatic carbocycles. The molecule has 0 bridgehead atoms. The van der Waals surface area contributed by atoms with Crippen molar-refractivity contribution in [3.8, 4) is 0 Å². The summed E-state index contributed by atoms with van der Waals surface area (Å²) >= 11 is 0. The van der Waals surface area contributed by atoms with Gasteiger partial charge in [-0.1, -0.05) is 12.1 Å². The first-order valence-corrected chi connectivity index (χ1v) is 9.52. The fourth-order valence-corrected chi connectivity index (χ4v) is 4.38. The number of aromatic nitrogens is 2. The molecule has 2 N–H and O–H groups in total. The van der Waals surface area contributed by atoms with Gasteiger partial charge in [0.2, 0.25) is 0 Å². The van der Waals surface area contributed by atoms with Crippen molar-refractivity contribution in [1.82, 2.24) is 14.9 Å². The number of aryl methyl sites for hydroxylation is 1. The van der Waals surface area contributed by atoms with Crippen LogP contribution in [0.2, 0.25) is 0 Å².